The number of ether oxygens (including phenoxy) is 4. The van der Waals surface area contributed by atoms with Crippen molar-refractivity contribution in [3.63, 3.8) is 0 Å². The quantitative estimate of drug-likeness (QED) is 0.723. The molecule has 0 amide bonds. The Bertz CT molecular complexity index is 367. The van der Waals surface area contributed by atoms with E-state index in [4.69, 9.17) is 18.9 Å². The lowest BCUT2D eigenvalue weighted by Gasteiger charge is -2.16. The highest BCUT2D eigenvalue weighted by Crippen LogP contribution is 2.39. The van der Waals surface area contributed by atoms with Gasteiger partial charge in [-0.3, -0.25) is 0 Å². The van der Waals surface area contributed by atoms with Gasteiger partial charge in [-0.15, -0.1) is 0 Å². The molecule has 1 aromatic rings. The van der Waals surface area contributed by atoms with Gasteiger partial charge in [-0.1, -0.05) is 30.3 Å². The van der Waals surface area contributed by atoms with E-state index >= 15 is 0 Å². The fourth-order valence-corrected chi connectivity index (χ4v) is 2.17. The Morgan fingerprint density at radius 1 is 1.12 bits per heavy atom. The van der Waals surface area contributed by atoms with Crippen LogP contribution in [-0.4, -0.2) is 38.3 Å². The summed E-state index contributed by atoms with van der Waals surface area (Å²) < 4.78 is 21.9. The number of rotatable bonds is 5. The van der Waals surface area contributed by atoms with Crippen molar-refractivity contribution in [1.82, 2.24) is 0 Å². The molecule has 2 aliphatic heterocycles. The molecule has 1 aromatic carbocycles. The van der Waals surface area contributed by atoms with Crippen LogP contribution in [0.25, 0.3) is 0 Å². The summed E-state index contributed by atoms with van der Waals surface area (Å²) in [5, 5.41) is 0. The molecule has 4 atom stereocenters. The zero-order chi connectivity index (χ0) is 11.7. The van der Waals surface area contributed by atoms with Crippen LogP contribution in [0.2, 0.25) is 0 Å². The van der Waals surface area contributed by atoms with Gasteiger partial charge in [0.05, 0.1) is 13.2 Å². The Morgan fingerprint density at radius 3 is 2.65 bits per heavy atom. The van der Waals surface area contributed by atoms with Gasteiger partial charge in [0.1, 0.15) is 18.3 Å². The van der Waals surface area contributed by atoms with Crippen LogP contribution in [-0.2, 0) is 25.6 Å². The first-order chi connectivity index (χ1) is 8.38. The van der Waals surface area contributed by atoms with E-state index < -0.39 is 0 Å². The summed E-state index contributed by atoms with van der Waals surface area (Å²) in [7, 11) is 1.64. The molecule has 2 saturated heterocycles. The fraction of sp³-hybridized carbons (Fsp3) is 0.538. The lowest BCUT2D eigenvalue weighted by atomic mass is 10.2. The van der Waals surface area contributed by atoms with Gasteiger partial charge in [-0.05, 0) is 5.56 Å². The summed E-state index contributed by atoms with van der Waals surface area (Å²) in [6.07, 6.45) is 0.0695. The van der Waals surface area contributed by atoms with E-state index in [0.717, 1.165) is 0 Å². The van der Waals surface area contributed by atoms with Crippen molar-refractivity contribution in [3.05, 3.63) is 35.9 Å². The molecule has 2 heterocycles. The standard InChI is InChI=1S/C13H16O4/c1-14-13-12-11(17-12)10(16-13)8-15-7-9-5-3-2-4-6-9/h2-6,10-13H,7-8H2,1H3/t10-,11+,12+,13?/m1/s1. The summed E-state index contributed by atoms with van der Waals surface area (Å²) in [6.45, 7) is 1.16. The highest BCUT2D eigenvalue weighted by molar-refractivity contribution is 5.13. The van der Waals surface area contributed by atoms with E-state index in [1.807, 2.05) is 30.3 Å². The Hall–Kier alpha value is -0.940. The molecule has 0 N–H and O–H groups in total. The van der Waals surface area contributed by atoms with E-state index in [9.17, 15) is 0 Å². The zero-order valence-corrected chi connectivity index (χ0v) is 9.74. The van der Waals surface area contributed by atoms with Crippen molar-refractivity contribution in [2.45, 2.75) is 31.2 Å². The third-order valence-electron chi connectivity index (χ3n) is 3.13. The van der Waals surface area contributed by atoms with Gasteiger partial charge in [0.15, 0.2) is 6.29 Å². The largest absolute Gasteiger partial charge is 0.374 e. The molecule has 4 nitrogen and oxygen atoms in total. The van der Waals surface area contributed by atoms with E-state index in [1.165, 1.54) is 5.56 Å². The normalized spacial score (nSPS) is 34.6. The third kappa shape index (κ3) is 2.35. The molecule has 2 fully saturated rings. The maximum Gasteiger partial charge on any atom is 0.186 e. The van der Waals surface area contributed by atoms with Crippen LogP contribution in [0.5, 0.6) is 0 Å². The minimum Gasteiger partial charge on any atom is -0.374 e. The number of benzene rings is 1. The van der Waals surface area contributed by atoms with Crippen molar-refractivity contribution in [2.24, 2.45) is 0 Å². The van der Waals surface area contributed by atoms with E-state index in [2.05, 4.69) is 0 Å². The van der Waals surface area contributed by atoms with Crippen LogP contribution in [0.15, 0.2) is 30.3 Å². The minimum atomic E-state index is -0.217. The van der Waals surface area contributed by atoms with E-state index in [-0.39, 0.29) is 24.6 Å². The van der Waals surface area contributed by atoms with Gasteiger partial charge >= 0.3 is 0 Å². The molecule has 0 saturated carbocycles. The predicted molar refractivity (Wildman–Crippen MR) is 60.4 cm³/mol. The van der Waals surface area contributed by atoms with Crippen molar-refractivity contribution < 1.29 is 18.9 Å². The fourth-order valence-electron chi connectivity index (χ4n) is 2.17. The molecule has 17 heavy (non-hydrogen) atoms. The molecule has 4 heteroatoms. The van der Waals surface area contributed by atoms with Gasteiger partial charge in [0, 0.05) is 7.11 Å². The Balaban J connectivity index is 1.44. The number of epoxide rings is 1. The second-order valence-electron chi connectivity index (χ2n) is 4.34. The summed E-state index contributed by atoms with van der Waals surface area (Å²) in [4.78, 5) is 0. The lowest BCUT2D eigenvalue weighted by Crippen LogP contribution is -2.25. The SMILES string of the molecule is COC1O[C@H](COCc2ccccc2)[C@@H]2O[C@H]12. The molecule has 0 aliphatic carbocycles. The molecule has 2 aliphatic rings. The Kier molecular flexibility index (Phi) is 3.11. The first-order valence-electron chi connectivity index (χ1n) is 5.84. The summed E-state index contributed by atoms with van der Waals surface area (Å²) in [5.74, 6) is 0. The molecule has 1 unspecified atom stereocenters. The monoisotopic (exact) mass is 236 g/mol. The first-order valence-corrected chi connectivity index (χ1v) is 5.84. The van der Waals surface area contributed by atoms with Crippen LogP contribution >= 0.6 is 0 Å². The Morgan fingerprint density at radius 2 is 1.94 bits per heavy atom. The van der Waals surface area contributed by atoms with Gasteiger partial charge in [0.2, 0.25) is 0 Å². The van der Waals surface area contributed by atoms with Crippen molar-refractivity contribution in [2.75, 3.05) is 13.7 Å². The maximum absolute atomic E-state index is 5.64. The average molecular weight is 236 g/mol. The van der Waals surface area contributed by atoms with Gasteiger partial charge < -0.3 is 18.9 Å². The molecule has 92 valence electrons. The first kappa shape index (κ1) is 11.2. The summed E-state index contributed by atoms with van der Waals surface area (Å²) in [6, 6.07) is 10.1. The number of hydrogen-bond acceptors (Lipinski definition) is 4. The highest BCUT2D eigenvalue weighted by atomic mass is 16.8. The zero-order valence-electron chi connectivity index (χ0n) is 9.74. The van der Waals surface area contributed by atoms with Crippen LogP contribution < -0.4 is 0 Å². The highest BCUT2D eigenvalue weighted by Gasteiger charge is 2.58. The third-order valence-corrected chi connectivity index (χ3v) is 3.13. The number of methoxy groups -OCH3 is 1. The topological polar surface area (TPSA) is 40.2 Å². The second kappa shape index (κ2) is 4.74. The molecule has 0 radical (unpaired) electrons. The Labute approximate surface area is 100 Å². The minimum absolute atomic E-state index is 0.00802. The molecule has 0 bridgehead atoms. The van der Waals surface area contributed by atoms with Crippen molar-refractivity contribution in [3.8, 4) is 0 Å². The number of hydrogen-bond donors (Lipinski definition) is 0. The smallest absolute Gasteiger partial charge is 0.186 e. The van der Waals surface area contributed by atoms with Crippen LogP contribution in [0, 0.1) is 0 Å². The summed E-state index contributed by atoms with van der Waals surface area (Å²) in [5.41, 5.74) is 1.17. The number of fused-ring (bicyclic) bond motifs is 1. The molecule has 0 aromatic heterocycles. The van der Waals surface area contributed by atoms with Crippen LogP contribution in [0.1, 0.15) is 5.56 Å². The van der Waals surface area contributed by atoms with Crippen molar-refractivity contribution >= 4 is 0 Å². The lowest BCUT2D eigenvalue weighted by molar-refractivity contribution is -0.171. The second-order valence-corrected chi connectivity index (χ2v) is 4.34. The molecule has 0 spiro atoms. The molecule has 3 rings (SSSR count). The molecular formula is C13H16O4. The van der Waals surface area contributed by atoms with Gasteiger partial charge in [0.25, 0.3) is 0 Å². The molecular weight excluding hydrogens is 220 g/mol. The predicted octanol–water partition coefficient (Wildman–Crippen LogP) is 1.34. The van der Waals surface area contributed by atoms with E-state index in [0.29, 0.717) is 13.2 Å². The van der Waals surface area contributed by atoms with Crippen molar-refractivity contribution in [1.29, 1.82) is 0 Å². The summed E-state index contributed by atoms with van der Waals surface area (Å²) >= 11 is 0. The average Bonchev–Trinajstić information content (AvgIpc) is 3.09. The van der Waals surface area contributed by atoms with Crippen LogP contribution in [0.3, 0.4) is 0 Å². The maximum atomic E-state index is 5.64. The van der Waals surface area contributed by atoms with E-state index in [1.54, 1.807) is 7.11 Å². The van der Waals surface area contributed by atoms with Gasteiger partial charge in [-0.25, -0.2) is 0 Å². The van der Waals surface area contributed by atoms with Gasteiger partial charge in [-0.2, -0.15) is 0 Å². The van der Waals surface area contributed by atoms with Crippen LogP contribution in [0.4, 0.5) is 0 Å².